The van der Waals surface area contributed by atoms with Crippen molar-refractivity contribution in [3.05, 3.63) is 33.8 Å². The van der Waals surface area contributed by atoms with Gasteiger partial charge in [-0.1, -0.05) is 26.0 Å². The zero-order chi connectivity index (χ0) is 15.3. The fraction of sp³-hybridized carbons (Fsp3) is 0.467. The Morgan fingerprint density at radius 2 is 2.00 bits per heavy atom. The fourth-order valence-corrected chi connectivity index (χ4v) is 2.36. The lowest BCUT2D eigenvalue weighted by Gasteiger charge is -2.24. The molecule has 0 unspecified atom stereocenters. The Labute approximate surface area is 127 Å². The molecule has 0 saturated heterocycles. The summed E-state index contributed by atoms with van der Waals surface area (Å²) in [5.74, 6) is -0.735. The monoisotopic (exact) mass is 341 g/mol. The van der Waals surface area contributed by atoms with Crippen molar-refractivity contribution in [2.24, 2.45) is 5.92 Å². The molecular weight excluding hydrogens is 322 g/mol. The molecule has 0 aliphatic heterocycles. The topological polar surface area (TPSA) is 57.6 Å². The fourth-order valence-electron chi connectivity index (χ4n) is 1.93. The van der Waals surface area contributed by atoms with Gasteiger partial charge in [0.15, 0.2) is 0 Å². The van der Waals surface area contributed by atoms with Gasteiger partial charge in [0.25, 0.3) is 5.91 Å². The van der Waals surface area contributed by atoms with E-state index in [4.69, 9.17) is 5.11 Å². The van der Waals surface area contributed by atoms with Crippen LogP contribution >= 0.6 is 15.9 Å². The molecule has 0 saturated carbocycles. The normalized spacial score (nSPS) is 10.7. The van der Waals surface area contributed by atoms with Gasteiger partial charge in [0.2, 0.25) is 0 Å². The Balaban J connectivity index is 2.96. The molecule has 110 valence electrons. The SMILES string of the molecule is Cc1cccc(C(=O)N(CCC(=O)O)CC(C)C)c1Br. The summed E-state index contributed by atoms with van der Waals surface area (Å²) in [7, 11) is 0. The van der Waals surface area contributed by atoms with E-state index < -0.39 is 5.97 Å². The van der Waals surface area contributed by atoms with Crippen LogP contribution in [0.3, 0.4) is 0 Å². The third-order valence-electron chi connectivity index (χ3n) is 2.89. The van der Waals surface area contributed by atoms with Crippen LogP contribution in [0.2, 0.25) is 0 Å². The van der Waals surface area contributed by atoms with Gasteiger partial charge in [0, 0.05) is 17.6 Å². The molecule has 0 spiro atoms. The van der Waals surface area contributed by atoms with Crippen LogP contribution < -0.4 is 0 Å². The highest BCUT2D eigenvalue weighted by Crippen LogP contribution is 2.23. The number of hydrogen-bond donors (Lipinski definition) is 1. The van der Waals surface area contributed by atoms with Crippen LogP contribution in [0.4, 0.5) is 0 Å². The first kappa shape index (κ1) is 16.7. The van der Waals surface area contributed by atoms with Crippen molar-refractivity contribution < 1.29 is 14.7 Å². The van der Waals surface area contributed by atoms with Crippen LogP contribution in [0.5, 0.6) is 0 Å². The van der Waals surface area contributed by atoms with E-state index in [9.17, 15) is 9.59 Å². The minimum Gasteiger partial charge on any atom is -0.481 e. The largest absolute Gasteiger partial charge is 0.481 e. The van der Waals surface area contributed by atoms with Crippen LogP contribution in [0.15, 0.2) is 22.7 Å². The molecule has 1 aromatic carbocycles. The molecule has 1 aromatic rings. The van der Waals surface area contributed by atoms with Gasteiger partial charge in [0.1, 0.15) is 0 Å². The average molecular weight is 342 g/mol. The maximum atomic E-state index is 12.6. The number of aryl methyl sites for hydroxylation is 1. The highest BCUT2D eigenvalue weighted by Gasteiger charge is 2.20. The molecule has 0 fully saturated rings. The first-order valence-electron chi connectivity index (χ1n) is 6.59. The zero-order valence-electron chi connectivity index (χ0n) is 12.0. The summed E-state index contributed by atoms with van der Waals surface area (Å²) in [5.41, 5.74) is 1.56. The number of hydrogen-bond acceptors (Lipinski definition) is 2. The van der Waals surface area contributed by atoms with Gasteiger partial charge in [0.05, 0.1) is 12.0 Å². The lowest BCUT2D eigenvalue weighted by atomic mass is 10.1. The van der Waals surface area contributed by atoms with Crippen molar-refractivity contribution in [2.45, 2.75) is 27.2 Å². The smallest absolute Gasteiger partial charge is 0.305 e. The third-order valence-corrected chi connectivity index (χ3v) is 3.94. The molecule has 0 heterocycles. The molecule has 1 amide bonds. The summed E-state index contributed by atoms with van der Waals surface area (Å²) in [4.78, 5) is 24.9. The molecule has 0 aliphatic carbocycles. The third kappa shape index (κ3) is 4.63. The van der Waals surface area contributed by atoms with Crippen LogP contribution in [0, 0.1) is 12.8 Å². The van der Waals surface area contributed by atoms with Crippen LogP contribution in [-0.2, 0) is 4.79 Å². The van der Waals surface area contributed by atoms with Crippen LogP contribution in [-0.4, -0.2) is 35.0 Å². The molecule has 0 bridgehead atoms. The summed E-state index contributed by atoms with van der Waals surface area (Å²) >= 11 is 3.43. The Morgan fingerprint density at radius 3 is 2.55 bits per heavy atom. The number of amides is 1. The highest BCUT2D eigenvalue weighted by molar-refractivity contribution is 9.10. The molecule has 20 heavy (non-hydrogen) atoms. The maximum Gasteiger partial charge on any atom is 0.305 e. The number of nitrogens with zero attached hydrogens (tertiary/aromatic N) is 1. The van der Waals surface area contributed by atoms with Crippen molar-refractivity contribution in [2.75, 3.05) is 13.1 Å². The quantitative estimate of drug-likeness (QED) is 0.863. The molecule has 1 rings (SSSR count). The minimum absolute atomic E-state index is 0.0398. The van der Waals surface area contributed by atoms with E-state index in [1.165, 1.54) is 0 Å². The van der Waals surface area contributed by atoms with Crippen molar-refractivity contribution >= 4 is 27.8 Å². The standard InChI is InChI=1S/C15H20BrNO3/c1-10(2)9-17(8-7-13(18)19)15(20)12-6-4-5-11(3)14(12)16/h4-6,10H,7-9H2,1-3H3,(H,18,19). The number of rotatable bonds is 6. The van der Waals surface area contributed by atoms with Gasteiger partial charge in [-0.25, -0.2) is 0 Å². The van der Waals surface area contributed by atoms with Gasteiger partial charge in [-0.2, -0.15) is 0 Å². The zero-order valence-corrected chi connectivity index (χ0v) is 13.6. The second-order valence-electron chi connectivity index (χ2n) is 5.23. The molecular formula is C15H20BrNO3. The number of carbonyl (C=O) groups is 2. The Bertz CT molecular complexity index is 500. The van der Waals surface area contributed by atoms with E-state index in [1.807, 2.05) is 32.9 Å². The van der Waals surface area contributed by atoms with E-state index in [0.29, 0.717) is 12.1 Å². The van der Waals surface area contributed by atoms with Crippen molar-refractivity contribution in [3.63, 3.8) is 0 Å². The number of aliphatic carboxylic acids is 1. The van der Waals surface area contributed by atoms with Crippen molar-refractivity contribution in [1.82, 2.24) is 4.90 Å². The van der Waals surface area contributed by atoms with Crippen molar-refractivity contribution in [3.8, 4) is 0 Å². The van der Waals surface area contributed by atoms with Crippen LogP contribution in [0.1, 0.15) is 36.2 Å². The first-order chi connectivity index (χ1) is 9.32. The van der Waals surface area contributed by atoms with E-state index in [2.05, 4.69) is 15.9 Å². The summed E-state index contributed by atoms with van der Waals surface area (Å²) in [5, 5.41) is 8.80. The Morgan fingerprint density at radius 1 is 1.35 bits per heavy atom. The molecule has 5 heteroatoms. The van der Waals surface area contributed by atoms with Gasteiger partial charge in [-0.05, 0) is 40.4 Å². The number of carbonyl (C=O) groups excluding carboxylic acids is 1. The summed E-state index contributed by atoms with van der Waals surface area (Å²) < 4.78 is 0.772. The van der Waals surface area contributed by atoms with E-state index in [0.717, 1.165) is 10.0 Å². The van der Waals surface area contributed by atoms with Gasteiger partial charge < -0.3 is 10.0 Å². The lowest BCUT2D eigenvalue weighted by molar-refractivity contribution is -0.137. The molecule has 0 atom stereocenters. The molecule has 0 aromatic heterocycles. The predicted octanol–water partition coefficient (Wildman–Crippen LogP) is 3.33. The molecule has 1 N–H and O–H groups in total. The van der Waals surface area contributed by atoms with Crippen LogP contribution in [0.25, 0.3) is 0 Å². The first-order valence-corrected chi connectivity index (χ1v) is 7.38. The molecule has 4 nitrogen and oxygen atoms in total. The Kier molecular flexibility index (Phi) is 6.20. The minimum atomic E-state index is -0.894. The molecule has 0 radical (unpaired) electrons. The Hall–Kier alpha value is -1.36. The molecule has 0 aliphatic rings. The van der Waals surface area contributed by atoms with Crippen molar-refractivity contribution in [1.29, 1.82) is 0 Å². The summed E-state index contributed by atoms with van der Waals surface area (Å²) in [6.07, 6.45) is -0.0398. The second-order valence-corrected chi connectivity index (χ2v) is 6.02. The number of carboxylic acids is 1. The maximum absolute atomic E-state index is 12.6. The summed E-state index contributed by atoms with van der Waals surface area (Å²) in [6.45, 7) is 6.71. The highest BCUT2D eigenvalue weighted by atomic mass is 79.9. The number of benzene rings is 1. The van der Waals surface area contributed by atoms with E-state index in [-0.39, 0.29) is 24.8 Å². The van der Waals surface area contributed by atoms with E-state index >= 15 is 0 Å². The summed E-state index contributed by atoms with van der Waals surface area (Å²) in [6, 6.07) is 5.51. The second kappa shape index (κ2) is 7.43. The predicted molar refractivity (Wildman–Crippen MR) is 81.9 cm³/mol. The van der Waals surface area contributed by atoms with Gasteiger partial charge >= 0.3 is 5.97 Å². The average Bonchev–Trinajstić information content (AvgIpc) is 2.36. The number of carboxylic acid groups (broad SMARTS) is 1. The lowest BCUT2D eigenvalue weighted by Crippen LogP contribution is -2.36. The van der Waals surface area contributed by atoms with Gasteiger partial charge in [-0.15, -0.1) is 0 Å². The number of halogens is 1. The van der Waals surface area contributed by atoms with Gasteiger partial charge in [-0.3, -0.25) is 9.59 Å². The van der Waals surface area contributed by atoms with E-state index in [1.54, 1.807) is 11.0 Å².